The molecule has 29 heavy (non-hydrogen) atoms. The van der Waals surface area contributed by atoms with Crippen LogP contribution < -0.4 is 0 Å². The van der Waals surface area contributed by atoms with Crippen LogP contribution in [0.3, 0.4) is 0 Å². The zero-order valence-corrected chi connectivity index (χ0v) is 16.1. The van der Waals surface area contributed by atoms with Gasteiger partial charge in [0.25, 0.3) is 0 Å². The number of aryl methyl sites for hydroxylation is 1. The number of rotatable bonds is 3. The lowest BCUT2D eigenvalue weighted by Crippen LogP contribution is -2.81. The van der Waals surface area contributed by atoms with Gasteiger partial charge in [-0.1, -0.05) is 55.0 Å². The van der Waals surface area contributed by atoms with E-state index in [9.17, 15) is 34.8 Å². The summed E-state index contributed by atoms with van der Waals surface area (Å²) in [5, 5.41) is 0. The van der Waals surface area contributed by atoms with Gasteiger partial charge in [0.15, 0.2) is 0 Å². The highest BCUT2D eigenvalue weighted by molar-refractivity contribution is 7.89. The first kappa shape index (κ1) is 21.6. The van der Waals surface area contributed by atoms with Crippen LogP contribution in [0.15, 0.2) is 59.5 Å². The Morgan fingerprint density at radius 2 is 1.34 bits per heavy atom. The molecule has 0 aliphatic carbocycles. The predicted octanol–water partition coefficient (Wildman–Crippen LogP) is 5.24. The van der Waals surface area contributed by atoms with Gasteiger partial charge in [0.1, 0.15) is 0 Å². The van der Waals surface area contributed by atoms with E-state index in [0.717, 1.165) is 19.1 Å². The summed E-state index contributed by atoms with van der Waals surface area (Å²) >= 11 is 0. The van der Waals surface area contributed by atoms with Crippen LogP contribution in [0, 0.1) is 12.8 Å². The zero-order valence-electron chi connectivity index (χ0n) is 15.3. The average Bonchev–Trinajstić information content (AvgIpc) is 2.58. The van der Waals surface area contributed by atoms with Gasteiger partial charge in [0.05, 0.1) is 10.9 Å². The highest BCUT2D eigenvalue weighted by Gasteiger charge is 2.86. The molecule has 0 spiro atoms. The second kappa shape index (κ2) is 6.73. The molecule has 1 fully saturated rings. The normalized spacial score (nSPS) is 22.9. The monoisotopic (exact) mass is 437 g/mol. The molecular weight excluding hydrogens is 420 g/mol. The number of nitrogens with zero attached hydrogens (tertiary/aromatic N) is 1. The van der Waals surface area contributed by atoms with Crippen LogP contribution in [0.4, 0.5) is 26.3 Å². The molecule has 2 unspecified atom stereocenters. The van der Waals surface area contributed by atoms with Crippen molar-refractivity contribution in [3.63, 3.8) is 0 Å². The van der Waals surface area contributed by atoms with E-state index in [4.69, 9.17) is 0 Å². The van der Waals surface area contributed by atoms with Crippen LogP contribution in [-0.4, -0.2) is 30.6 Å². The first-order valence-corrected chi connectivity index (χ1v) is 10.00. The summed E-state index contributed by atoms with van der Waals surface area (Å²) in [6.07, 6.45) is -11.7. The Morgan fingerprint density at radius 1 is 0.862 bits per heavy atom. The van der Waals surface area contributed by atoms with Crippen LogP contribution in [0.1, 0.15) is 24.1 Å². The van der Waals surface area contributed by atoms with Crippen molar-refractivity contribution in [1.29, 1.82) is 0 Å². The average molecular weight is 437 g/mol. The summed E-state index contributed by atoms with van der Waals surface area (Å²) < 4.78 is 109. The molecule has 2 aromatic rings. The summed E-state index contributed by atoms with van der Waals surface area (Å²) in [6, 6.07) is 10.1. The maximum Gasteiger partial charge on any atom is 0.417 e. The summed E-state index contributed by atoms with van der Waals surface area (Å²) in [4.78, 5) is -0.631. The van der Waals surface area contributed by atoms with Crippen LogP contribution in [0.25, 0.3) is 0 Å². The SMILES string of the molecule is Cc1ccc(S(=O)(=O)N2C(c3ccccc3)C(C)C2(C(F)(F)F)C(F)(F)F)cc1. The van der Waals surface area contributed by atoms with E-state index >= 15 is 0 Å². The number of benzene rings is 2. The third-order valence-electron chi connectivity index (χ3n) is 5.32. The van der Waals surface area contributed by atoms with Gasteiger partial charge in [-0.2, -0.15) is 30.6 Å². The summed E-state index contributed by atoms with van der Waals surface area (Å²) in [7, 11) is -5.13. The number of alkyl halides is 6. The lowest BCUT2D eigenvalue weighted by molar-refractivity contribution is -0.386. The Hall–Kier alpha value is -2.07. The van der Waals surface area contributed by atoms with Gasteiger partial charge in [-0.05, 0) is 24.6 Å². The van der Waals surface area contributed by atoms with E-state index < -0.39 is 49.1 Å². The molecule has 0 aromatic heterocycles. The van der Waals surface area contributed by atoms with Gasteiger partial charge in [-0.3, -0.25) is 0 Å². The fraction of sp³-hybridized carbons (Fsp3) is 0.368. The number of hydrogen-bond acceptors (Lipinski definition) is 2. The van der Waals surface area contributed by atoms with Gasteiger partial charge >= 0.3 is 12.4 Å². The summed E-state index contributed by atoms with van der Waals surface area (Å²) in [5.74, 6) is -2.08. The number of hydrogen-bond donors (Lipinski definition) is 0. The van der Waals surface area contributed by atoms with Gasteiger partial charge < -0.3 is 0 Å². The minimum absolute atomic E-state index is 0.0554. The van der Waals surface area contributed by atoms with Crippen LogP contribution >= 0.6 is 0 Å². The van der Waals surface area contributed by atoms with Crippen molar-refractivity contribution in [3.8, 4) is 0 Å². The Morgan fingerprint density at radius 3 is 1.79 bits per heavy atom. The van der Waals surface area contributed by atoms with E-state index in [1.54, 1.807) is 6.92 Å². The minimum atomic E-state index is -5.87. The quantitative estimate of drug-likeness (QED) is 0.616. The van der Waals surface area contributed by atoms with Crippen LogP contribution in [-0.2, 0) is 10.0 Å². The molecule has 0 saturated carbocycles. The fourth-order valence-electron chi connectivity index (χ4n) is 3.93. The molecule has 0 N–H and O–H groups in total. The molecule has 0 radical (unpaired) electrons. The standard InChI is InChI=1S/C19H17F6NO2S/c1-12-8-10-15(11-9-12)29(27,28)26-16(14-6-4-3-5-7-14)13(2)17(26,18(20,21)22)19(23,24)25/h3-11,13,16H,1-2H3. The van der Waals surface area contributed by atoms with E-state index in [-0.39, 0.29) is 5.56 Å². The van der Waals surface area contributed by atoms with Crippen molar-refractivity contribution in [2.75, 3.05) is 0 Å². The largest absolute Gasteiger partial charge is 0.417 e. The van der Waals surface area contributed by atoms with Crippen LogP contribution in [0.2, 0.25) is 0 Å². The van der Waals surface area contributed by atoms with E-state index in [1.165, 1.54) is 42.5 Å². The molecule has 158 valence electrons. The molecule has 10 heteroatoms. The lowest BCUT2D eigenvalue weighted by Gasteiger charge is -2.61. The molecule has 1 aliphatic heterocycles. The van der Waals surface area contributed by atoms with Crippen molar-refractivity contribution in [1.82, 2.24) is 4.31 Å². The Kier molecular flexibility index (Phi) is 5.02. The molecule has 1 heterocycles. The zero-order chi connectivity index (χ0) is 21.8. The lowest BCUT2D eigenvalue weighted by atomic mass is 9.68. The highest BCUT2D eigenvalue weighted by atomic mass is 32.2. The van der Waals surface area contributed by atoms with Crippen molar-refractivity contribution in [2.45, 2.75) is 42.7 Å². The Labute approximate surface area is 164 Å². The fourth-order valence-corrected chi connectivity index (χ4v) is 6.00. The smallest absolute Gasteiger partial charge is 0.207 e. The van der Waals surface area contributed by atoms with Gasteiger partial charge in [0.2, 0.25) is 15.6 Å². The Balaban J connectivity index is 2.29. The highest BCUT2D eigenvalue weighted by Crippen LogP contribution is 2.66. The molecule has 0 bridgehead atoms. The Bertz CT molecular complexity index is 970. The van der Waals surface area contributed by atoms with E-state index in [0.29, 0.717) is 5.56 Å². The number of halogens is 6. The maximum absolute atomic E-state index is 13.9. The topological polar surface area (TPSA) is 37.4 Å². The van der Waals surface area contributed by atoms with Crippen LogP contribution in [0.5, 0.6) is 0 Å². The van der Waals surface area contributed by atoms with E-state index in [1.807, 2.05) is 0 Å². The summed E-state index contributed by atoms with van der Waals surface area (Å²) in [6.45, 7) is 2.39. The molecule has 1 saturated heterocycles. The molecule has 0 amide bonds. The van der Waals surface area contributed by atoms with Gasteiger partial charge in [-0.15, -0.1) is 0 Å². The number of sulfonamides is 1. The van der Waals surface area contributed by atoms with Crippen molar-refractivity contribution in [2.24, 2.45) is 5.92 Å². The van der Waals surface area contributed by atoms with Crippen molar-refractivity contribution >= 4 is 10.0 Å². The van der Waals surface area contributed by atoms with Crippen molar-refractivity contribution < 1.29 is 34.8 Å². The van der Waals surface area contributed by atoms with E-state index in [2.05, 4.69) is 0 Å². The first-order chi connectivity index (χ1) is 13.3. The van der Waals surface area contributed by atoms with Gasteiger partial charge in [0, 0.05) is 5.92 Å². The maximum atomic E-state index is 13.9. The van der Waals surface area contributed by atoms with Gasteiger partial charge in [-0.25, -0.2) is 8.42 Å². The summed E-state index contributed by atoms with van der Waals surface area (Å²) in [5.41, 5.74) is -3.86. The minimum Gasteiger partial charge on any atom is -0.207 e. The first-order valence-electron chi connectivity index (χ1n) is 8.56. The third-order valence-corrected chi connectivity index (χ3v) is 7.22. The molecule has 2 atom stereocenters. The van der Waals surface area contributed by atoms with Crippen molar-refractivity contribution in [3.05, 3.63) is 65.7 Å². The third kappa shape index (κ3) is 3.04. The molecule has 1 aliphatic rings. The molecule has 2 aromatic carbocycles. The predicted molar refractivity (Wildman–Crippen MR) is 93.4 cm³/mol. The molecule has 3 rings (SSSR count). The second-order valence-electron chi connectivity index (χ2n) is 7.02. The molecule has 3 nitrogen and oxygen atoms in total. The second-order valence-corrected chi connectivity index (χ2v) is 8.83. The molecular formula is C19H17F6NO2S.